The molecule has 2 aliphatic rings. The average Bonchev–Trinajstić information content (AvgIpc) is 2.61. The zero-order valence-corrected chi connectivity index (χ0v) is 12.1. The predicted molar refractivity (Wildman–Crippen MR) is 75.9 cm³/mol. The first-order chi connectivity index (χ1) is 9.09. The maximum atomic E-state index is 12.2. The van der Waals surface area contributed by atoms with Gasteiger partial charge in [-0.05, 0) is 39.2 Å². The van der Waals surface area contributed by atoms with Crippen molar-refractivity contribution in [1.29, 1.82) is 0 Å². The second kappa shape index (κ2) is 6.71. The van der Waals surface area contributed by atoms with Gasteiger partial charge in [-0.15, -0.1) is 0 Å². The Morgan fingerprint density at radius 3 is 2.63 bits per heavy atom. The zero-order valence-electron chi connectivity index (χ0n) is 12.1. The third kappa shape index (κ3) is 4.46. The van der Waals surface area contributed by atoms with Crippen LogP contribution in [0.15, 0.2) is 0 Å². The Bertz CT molecular complexity index is 299. The highest BCUT2D eigenvalue weighted by atomic mass is 16.3. The fourth-order valence-electron chi connectivity index (χ4n) is 3.33. The first-order valence-corrected chi connectivity index (χ1v) is 7.82. The van der Waals surface area contributed by atoms with Crippen molar-refractivity contribution < 1.29 is 9.90 Å². The Kier molecular flexibility index (Phi) is 5.22. The van der Waals surface area contributed by atoms with E-state index in [0.29, 0.717) is 12.6 Å². The average molecular weight is 268 g/mol. The molecule has 1 saturated heterocycles. The van der Waals surface area contributed by atoms with Crippen LogP contribution in [0.2, 0.25) is 0 Å². The first-order valence-electron chi connectivity index (χ1n) is 7.82. The van der Waals surface area contributed by atoms with E-state index in [-0.39, 0.29) is 11.8 Å². The van der Waals surface area contributed by atoms with E-state index in [2.05, 4.69) is 17.6 Å². The van der Waals surface area contributed by atoms with Gasteiger partial charge in [0.1, 0.15) is 0 Å². The lowest BCUT2D eigenvalue weighted by Crippen LogP contribution is -2.47. The number of piperidine rings is 1. The number of hydrogen-bond donors (Lipinski definition) is 3. The summed E-state index contributed by atoms with van der Waals surface area (Å²) in [6, 6.07) is 0.422. The van der Waals surface area contributed by atoms with Gasteiger partial charge in [0.2, 0.25) is 5.91 Å². The molecule has 110 valence electrons. The molecule has 19 heavy (non-hydrogen) atoms. The highest BCUT2D eigenvalue weighted by Crippen LogP contribution is 2.26. The number of aliphatic hydroxyl groups is 1. The number of carbonyl (C=O) groups excluding carboxylic acids is 1. The van der Waals surface area contributed by atoms with Crippen LogP contribution in [0.3, 0.4) is 0 Å². The number of hydrogen-bond acceptors (Lipinski definition) is 3. The maximum Gasteiger partial charge on any atom is 0.223 e. The lowest BCUT2D eigenvalue weighted by atomic mass is 9.91. The molecule has 0 aromatic rings. The van der Waals surface area contributed by atoms with Crippen molar-refractivity contribution in [3.05, 3.63) is 0 Å². The molecule has 2 rings (SSSR count). The summed E-state index contributed by atoms with van der Waals surface area (Å²) < 4.78 is 0. The molecule has 2 unspecified atom stereocenters. The Morgan fingerprint density at radius 1 is 1.32 bits per heavy atom. The van der Waals surface area contributed by atoms with Gasteiger partial charge in [0.25, 0.3) is 0 Å². The molecule has 1 aliphatic carbocycles. The van der Waals surface area contributed by atoms with Gasteiger partial charge < -0.3 is 15.7 Å². The van der Waals surface area contributed by atoms with Gasteiger partial charge in [0, 0.05) is 18.5 Å². The van der Waals surface area contributed by atoms with Gasteiger partial charge in [-0.1, -0.05) is 25.7 Å². The second-order valence-corrected chi connectivity index (χ2v) is 6.43. The summed E-state index contributed by atoms with van der Waals surface area (Å²) in [4.78, 5) is 12.2. The summed E-state index contributed by atoms with van der Waals surface area (Å²) in [5.41, 5.74) is -0.662. The van der Waals surface area contributed by atoms with Crippen molar-refractivity contribution in [3.8, 4) is 0 Å². The minimum absolute atomic E-state index is 0.116. The number of nitrogens with one attached hydrogen (secondary N) is 2. The van der Waals surface area contributed by atoms with Crippen LogP contribution in [0, 0.1) is 5.92 Å². The predicted octanol–water partition coefficient (Wildman–Crippen LogP) is 1.58. The topological polar surface area (TPSA) is 61.4 Å². The monoisotopic (exact) mass is 268 g/mol. The molecule has 1 saturated carbocycles. The van der Waals surface area contributed by atoms with Gasteiger partial charge in [-0.2, -0.15) is 0 Å². The smallest absolute Gasteiger partial charge is 0.223 e. The van der Waals surface area contributed by atoms with Crippen molar-refractivity contribution in [2.24, 2.45) is 5.92 Å². The standard InChI is InChI=1S/C15H28N2O2/c1-12-10-13(6-9-16-12)14(18)17-11-15(19)7-4-2-3-5-8-15/h12-13,16,19H,2-11H2,1H3,(H,17,18). The maximum absolute atomic E-state index is 12.2. The van der Waals surface area contributed by atoms with Crippen LogP contribution in [-0.2, 0) is 4.79 Å². The van der Waals surface area contributed by atoms with Gasteiger partial charge >= 0.3 is 0 Å². The lowest BCUT2D eigenvalue weighted by Gasteiger charge is -2.30. The summed E-state index contributed by atoms with van der Waals surface area (Å²) in [6.07, 6.45) is 8.06. The van der Waals surface area contributed by atoms with Crippen molar-refractivity contribution in [2.45, 2.75) is 69.9 Å². The SMILES string of the molecule is CC1CC(C(=O)NCC2(O)CCCCCC2)CCN1. The largest absolute Gasteiger partial charge is 0.388 e. The van der Waals surface area contributed by atoms with E-state index in [1.807, 2.05) is 0 Å². The minimum Gasteiger partial charge on any atom is -0.388 e. The normalized spacial score (nSPS) is 31.5. The van der Waals surface area contributed by atoms with Gasteiger partial charge in [0.05, 0.1) is 5.60 Å². The summed E-state index contributed by atoms with van der Waals surface area (Å²) in [5.74, 6) is 0.247. The molecule has 1 amide bonds. The van der Waals surface area contributed by atoms with Gasteiger partial charge in [0.15, 0.2) is 0 Å². The zero-order chi connectivity index (χ0) is 13.7. The number of rotatable bonds is 3. The van der Waals surface area contributed by atoms with Crippen LogP contribution >= 0.6 is 0 Å². The van der Waals surface area contributed by atoms with Crippen LogP contribution in [0.1, 0.15) is 58.3 Å². The van der Waals surface area contributed by atoms with Crippen molar-refractivity contribution in [3.63, 3.8) is 0 Å². The molecule has 0 bridgehead atoms. The molecule has 4 nitrogen and oxygen atoms in total. The Morgan fingerprint density at radius 2 is 2.00 bits per heavy atom. The molecule has 0 radical (unpaired) electrons. The lowest BCUT2D eigenvalue weighted by molar-refractivity contribution is -0.127. The third-order valence-electron chi connectivity index (χ3n) is 4.62. The molecule has 3 N–H and O–H groups in total. The third-order valence-corrected chi connectivity index (χ3v) is 4.62. The number of carbonyl (C=O) groups is 1. The van der Waals surface area contributed by atoms with Crippen LogP contribution in [0.5, 0.6) is 0 Å². The van der Waals surface area contributed by atoms with Gasteiger partial charge in [-0.25, -0.2) is 0 Å². The van der Waals surface area contributed by atoms with Crippen LogP contribution in [-0.4, -0.2) is 35.7 Å². The fraction of sp³-hybridized carbons (Fsp3) is 0.933. The first kappa shape index (κ1) is 14.8. The molecule has 2 fully saturated rings. The van der Waals surface area contributed by atoms with Gasteiger partial charge in [-0.3, -0.25) is 4.79 Å². The molecule has 1 aliphatic heterocycles. The molecule has 1 heterocycles. The molecule has 0 aromatic carbocycles. The van der Waals surface area contributed by atoms with Crippen LogP contribution in [0.4, 0.5) is 0 Å². The molecule has 0 spiro atoms. The molecular formula is C15H28N2O2. The van der Waals surface area contributed by atoms with Crippen LogP contribution in [0.25, 0.3) is 0 Å². The van der Waals surface area contributed by atoms with Crippen molar-refractivity contribution >= 4 is 5.91 Å². The second-order valence-electron chi connectivity index (χ2n) is 6.43. The molecule has 2 atom stereocenters. The van der Waals surface area contributed by atoms with E-state index in [9.17, 15) is 9.90 Å². The fourth-order valence-corrected chi connectivity index (χ4v) is 3.33. The summed E-state index contributed by atoms with van der Waals surface area (Å²) in [6.45, 7) is 3.48. The van der Waals surface area contributed by atoms with Crippen molar-refractivity contribution in [2.75, 3.05) is 13.1 Å². The highest BCUT2D eigenvalue weighted by molar-refractivity contribution is 5.78. The molecule has 4 heteroatoms. The van der Waals surface area contributed by atoms with E-state index < -0.39 is 5.60 Å². The summed E-state index contributed by atoms with van der Waals surface area (Å²) in [7, 11) is 0. The van der Waals surface area contributed by atoms with E-state index >= 15 is 0 Å². The van der Waals surface area contributed by atoms with E-state index in [1.54, 1.807) is 0 Å². The van der Waals surface area contributed by atoms with E-state index in [0.717, 1.165) is 45.1 Å². The van der Waals surface area contributed by atoms with Crippen molar-refractivity contribution in [1.82, 2.24) is 10.6 Å². The van der Waals surface area contributed by atoms with E-state index in [1.165, 1.54) is 12.8 Å². The highest BCUT2D eigenvalue weighted by Gasteiger charge is 2.30. The number of amides is 1. The summed E-state index contributed by atoms with van der Waals surface area (Å²) in [5, 5.41) is 16.9. The summed E-state index contributed by atoms with van der Waals surface area (Å²) >= 11 is 0. The van der Waals surface area contributed by atoms with Crippen LogP contribution < -0.4 is 10.6 Å². The molecule has 0 aromatic heterocycles. The Labute approximate surface area is 116 Å². The Balaban J connectivity index is 1.78. The van der Waals surface area contributed by atoms with E-state index in [4.69, 9.17) is 0 Å². The molecular weight excluding hydrogens is 240 g/mol. The Hall–Kier alpha value is -0.610. The minimum atomic E-state index is -0.662. The quantitative estimate of drug-likeness (QED) is 0.681.